The standard InChI is InChI=1S/C11H17N3S/c1-7-9-3-4-10(7)6-14(5-9)11-12-8(2)13-15-11/h7,9-10H,3-6H2,1-2H3/t7?,9-,10?/m0/s1. The third-order valence-corrected chi connectivity index (χ3v) is 4.96. The van der Waals surface area contributed by atoms with Crippen molar-refractivity contribution < 1.29 is 0 Å². The minimum absolute atomic E-state index is 0.896. The Morgan fingerprint density at radius 1 is 1.27 bits per heavy atom. The highest BCUT2D eigenvalue weighted by Crippen LogP contribution is 2.42. The first kappa shape index (κ1) is 9.58. The molecule has 2 fully saturated rings. The van der Waals surface area contributed by atoms with Gasteiger partial charge in [-0.15, -0.1) is 0 Å². The maximum atomic E-state index is 4.49. The molecule has 1 aromatic rings. The first-order chi connectivity index (χ1) is 7.24. The van der Waals surface area contributed by atoms with Crippen LogP contribution in [0.15, 0.2) is 0 Å². The molecule has 1 aromatic heterocycles. The highest BCUT2D eigenvalue weighted by Gasteiger charge is 2.39. The molecule has 1 aliphatic heterocycles. The van der Waals surface area contributed by atoms with Crippen LogP contribution in [0.4, 0.5) is 5.13 Å². The fraction of sp³-hybridized carbons (Fsp3) is 0.818. The number of rotatable bonds is 1. The summed E-state index contributed by atoms with van der Waals surface area (Å²) in [5, 5.41) is 1.14. The third-order valence-electron chi connectivity index (χ3n) is 4.09. The average Bonchev–Trinajstić information content (AvgIpc) is 2.70. The summed E-state index contributed by atoms with van der Waals surface area (Å²) < 4.78 is 4.27. The van der Waals surface area contributed by atoms with E-state index in [2.05, 4.69) is 21.2 Å². The molecular formula is C11H17N3S. The van der Waals surface area contributed by atoms with Gasteiger partial charge in [-0.2, -0.15) is 4.37 Å². The normalized spacial score (nSPS) is 34.8. The number of fused-ring (bicyclic) bond motifs is 2. The van der Waals surface area contributed by atoms with Gasteiger partial charge >= 0.3 is 0 Å². The van der Waals surface area contributed by atoms with Crippen molar-refractivity contribution in [3.8, 4) is 0 Å². The van der Waals surface area contributed by atoms with Crippen LogP contribution < -0.4 is 4.90 Å². The van der Waals surface area contributed by atoms with Crippen molar-refractivity contribution in [2.45, 2.75) is 26.7 Å². The zero-order valence-electron chi connectivity index (χ0n) is 9.31. The summed E-state index contributed by atoms with van der Waals surface area (Å²) in [6.07, 6.45) is 2.83. The predicted molar refractivity (Wildman–Crippen MR) is 62.2 cm³/mol. The molecule has 3 rings (SSSR count). The van der Waals surface area contributed by atoms with Gasteiger partial charge in [0.25, 0.3) is 0 Å². The van der Waals surface area contributed by atoms with E-state index < -0.39 is 0 Å². The van der Waals surface area contributed by atoms with Crippen LogP contribution >= 0.6 is 11.5 Å². The molecule has 2 aliphatic rings. The van der Waals surface area contributed by atoms with Crippen molar-refractivity contribution in [1.82, 2.24) is 9.36 Å². The van der Waals surface area contributed by atoms with E-state index >= 15 is 0 Å². The summed E-state index contributed by atoms with van der Waals surface area (Å²) in [5.41, 5.74) is 0. The molecule has 15 heavy (non-hydrogen) atoms. The lowest BCUT2D eigenvalue weighted by molar-refractivity contribution is 0.295. The smallest absolute Gasteiger partial charge is 0.205 e. The van der Waals surface area contributed by atoms with E-state index in [0.717, 1.165) is 28.7 Å². The fourth-order valence-electron chi connectivity index (χ4n) is 3.07. The Hall–Kier alpha value is -0.640. The Morgan fingerprint density at radius 2 is 1.93 bits per heavy atom. The zero-order chi connectivity index (χ0) is 10.4. The number of aromatic nitrogens is 2. The Bertz CT molecular complexity index is 348. The van der Waals surface area contributed by atoms with E-state index in [1.165, 1.54) is 25.9 Å². The van der Waals surface area contributed by atoms with Crippen LogP contribution in [-0.4, -0.2) is 22.4 Å². The molecular weight excluding hydrogens is 206 g/mol. The van der Waals surface area contributed by atoms with Crippen molar-refractivity contribution in [3.63, 3.8) is 0 Å². The summed E-state index contributed by atoms with van der Waals surface area (Å²) in [5.74, 6) is 3.64. The molecule has 3 atom stereocenters. The summed E-state index contributed by atoms with van der Waals surface area (Å²) in [6, 6.07) is 0. The second-order valence-corrected chi connectivity index (χ2v) is 5.72. The van der Waals surface area contributed by atoms with Gasteiger partial charge in [0, 0.05) is 24.6 Å². The van der Waals surface area contributed by atoms with Crippen LogP contribution in [0.5, 0.6) is 0 Å². The average molecular weight is 223 g/mol. The molecule has 0 aromatic carbocycles. The number of nitrogens with zero attached hydrogens (tertiary/aromatic N) is 3. The maximum absolute atomic E-state index is 4.49. The molecule has 1 saturated carbocycles. The van der Waals surface area contributed by atoms with E-state index in [-0.39, 0.29) is 0 Å². The van der Waals surface area contributed by atoms with Crippen LogP contribution in [-0.2, 0) is 0 Å². The third kappa shape index (κ3) is 1.55. The molecule has 4 heteroatoms. The number of piperidine rings is 1. The van der Waals surface area contributed by atoms with Gasteiger partial charge in [0.1, 0.15) is 5.82 Å². The molecule has 2 bridgehead atoms. The molecule has 1 aliphatic carbocycles. The van der Waals surface area contributed by atoms with Gasteiger partial charge in [-0.3, -0.25) is 0 Å². The summed E-state index contributed by atoms with van der Waals surface area (Å²) in [7, 11) is 0. The Morgan fingerprint density at radius 3 is 2.47 bits per heavy atom. The Labute approximate surface area is 94.7 Å². The number of hydrogen-bond acceptors (Lipinski definition) is 4. The lowest BCUT2D eigenvalue weighted by Gasteiger charge is -2.35. The minimum atomic E-state index is 0.896. The first-order valence-electron chi connectivity index (χ1n) is 5.79. The SMILES string of the molecule is Cc1nsc(N2CC3CC[C@@H](C2)C3C)n1. The quantitative estimate of drug-likeness (QED) is 0.731. The van der Waals surface area contributed by atoms with Gasteiger partial charge in [0.15, 0.2) is 0 Å². The zero-order valence-corrected chi connectivity index (χ0v) is 10.1. The molecule has 0 N–H and O–H groups in total. The minimum Gasteiger partial charge on any atom is -0.346 e. The van der Waals surface area contributed by atoms with Crippen molar-refractivity contribution >= 4 is 16.7 Å². The highest BCUT2D eigenvalue weighted by molar-refractivity contribution is 7.09. The van der Waals surface area contributed by atoms with E-state index in [1.807, 2.05) is 6.92 Å². The summed E-state index contributed by atoms with van der Waals surface area (Å²) in [4.78, 5) is 6.94. The van der Waals surface area contributed by atoms with Gasteiger partial charge in [-0.05, 0) is 37.5 Å². The van der Waals surface area contributed by atoms with Gasteiger partial charge < -0.3 is 4.90 Å². The second kappa shape index (κ2) is 3.44. The molecule has 0 spiro atoms. The van der Waals surface area contributed by atoms with Gasteiger partial charge in [-0.1, -0.05) is 6.92 Å². The number of anilines is 1. The topological polar surface area (TPSA) is 29.0 Å². The summed E-state index contributed by atoms with van der Waals surface area (Å²) in [6.45, 7) is 6.80. The van der Waals surface area contributed by atoms with Crippen LogP contribution in [0.3, 0.4) is 0 Å². The van der Waals surface area contributed by atoms with E-state index in [0.29, 0.717) is 0 Å². The lowest BCUT2D eigenvalue weighted by Crippen LogP contribution is -2.40. The molecule has 3 nitrogen and oxygen atoms in total. The molecule has 2 heterocycles. The van der Waals surface area contributed by atoms with Crippen molar-refractivity contribution in [2.24, 2.45) is 17.8 Å². The Balaban J connectivity index is 1.80. The molecule has 0 amide bonds. The molecule has 82 valence electrons. The molecule has 0 radical (unpaired) electrons. The van der Waals surface area contributed by atoms with Crippen LogP contribution in [0.25, 0.3) is 0 Å². The van der Waals surface area contributed by atoms with Gasteiger partial charge in [0.05, 0.1) is 0 Å². The number of hydrogen-bond donors (Lipinski definition) is 0. The van der Waals surface area contributed by atoms with Gasteiger partial charge in [0.2, 0.25) is 5.13 Å². The highest BCUT2D eigenvalue weighted by atomic mass is 32.1. The first-order valence-corrected chi connectivity index (χ1v) is 6.56. The fourth-order valence-corrected chi connectivity index (χ4v) is 3.76. The van der Waals surface area contributed by atoms with Crippen LogP contribution in [0.2, 0.25) is 0 Å². The van der Waals surface area contributed by atoms with E-state index in [1.54, 1.807) is 11.5 Å². The van der Waals surface area contributed by atoms with Crippen LogP contribution in [0.1, 0.15) is 25.6 Å². The van der Waals surface area contributed by atoms with E-state index in [9.17, 15) is 0 Å². The maximum Gasteiger partial charge on any atom is 0.205 e. The Kier molecular flexibility index (Phi) is 2.20. The number of aryl methyl sites for hydroxylation is 1. The van der Waals surface area contributed by atoms with Crippen LogP contribution in [0, 0.1) is 24.7 Å². The van der Waals surface area contributed by atoms with Crippen molar-refractivity contribution in [3.05, 3.63) is 5.82 Å². The monoisotopic (exact) mass is 223 g/mol. The summed E-state index contributed by atoms with van der Waals surface area (Å²) >= 11 is 1.55. The largest absolute Gasteiger partial charge is 0.346 e. The van der Waals surface area contributed by atoms with E-state index in [4.69, 9.17) is 0 Å². The van der Waals surface area contributed by atoms with Crippen molar-refractivity contribution in [2.75, 3.05) is 18.0 Å². The second-order valence-electron chi connectivity index (χ2n) is 4.99. The van der Waals surface area contributed by atoms with Gasteiger partial charge in [-0.25, -0.2) is 4.98 Å². The predicted octanol–water partition coefficient (Wildman–Crippen LogP) is 2.33. The molecule has 1 saturated heterocycles. The molecule has 2 unspecified atom stereocenters. The lowest BCUT2D eigenvalue weighted by atomic mass is 9.87. The van der Waals surface area contributed by atoms with Crippen molar-refractivity contribution in [1.29, 1.82) is 0 Å².